The molecule has 1 amide bonds. The Morgan fingerprint density at radius 1 is 1.62 bits per heavy atom. The summed E-state index contributed by atoms with van der Waals surface area (Å²) < 4.78 is 1.79. The summed E-state index contributed by atoms with van der Waals surface area (Å²) in [5.74, 6) is -0.0819. The van der Waals surface area contributed by atoms with E-state index in [1.165, 1.54) is 0 Å². The molecule has 0 aliphatic rings. The van der Waals surface area contributed by atoms with Crippen LogP contribution in [-0.2, 0) is 11.3 Å². The second-order valence-corrected chi connectivity index (χ2v) is 4.03. The van der Waals surface area contributed by atoms with Crippen molar-refractivity contribution in [3.8, 4) is 0 Å². The molecule has 3 N–H and O–H groups in total. The molecule has 0 aromatic carbocycles. The fraction of sp³-hybridized carbons (Fsp3) is 0.636. The molecule has 1 aromatic heterocycles. The van der Waals surface area contributed by atoms with Crippen molar-refractivity contribution in [3.05, 3.63) is 18.5 Å². The van der Waals surface area contributed by atoms with Gasteiger partial charge in [0, 0.05) is 18.4 Å². The van der Waals surface area contributed by atoms with Crippen LogP contribution in [0, 0.1) is 0 Å². The average molecular weight is 224 g/mol. The third-order valence-electron chi connectivity index (χ3n) is 2.35. The van der Waals surface area contributed by atoms with Crippen molar-refractivity contribution in [1.29, 1.82) is 0 Å². The lowest BCUT2D eigenvalue weighted by Crippen LogP contribution is -2.45. The lowest BCUT2D eigenvalue weighted by molar-refractivity contribution is -0.123. The van der Waals surface area contributed by atoms with Gasteiger partial charge in [-0.3, -0.25) is 9.48 Å². The van der Waals surface area contributed by atoms with Crippen LogP contribution in [0.25, 0.3) is 0 Å². The summed E-state index contributed by atoms with van der Waals surface area (Å²) in [7, 11) is 0. The van der Waals surface area contributed by atoms with E-state index in [-0.39, 0.29) is 11.9 Å². The zero-order valence-electron chi connectivity index (χ0n) is 9.89. The quantitative estimate of drug-likeness (QED) is 0.739. The summed E-state index contributed by atoms with van der Waals surface area (Å²) in [5, 5.41) is 6.96. The first-order chi connectivity index (χ1) is 7.63. The summed E-state index contributed by atoms with van der Waals surface area (Å²) in [6.07, 6.45) is 5.23. The van der Waals surface area contributed by atoms with Gasteiger partial charge in [-0.25, -0.2) is 0 Å². The first-order valence-corrected chi connectivity index (χ1v) is 5.67. The zero-order chi connectivity index (χ0) is 12.0. The second-order valence-electron chi connectivity index (χ2n) is 4.03. The summed E-state index contributed by atoms with van der Waals surface area (Å²) in [6.45, 7) is 4.62. The molecule has 0 radical (unpaired) electrons. The molecule has 0 aliphatic heterocycles. The Morgan fingerprint density at radius 3 is 2.94 bits per heavy atom. The minimum atomic E-state index is -0.398. The van der Waals surface area contributed by atoms with Gasteiger partial charge in [0.25, 0.3) is 0 Å². The summed E-state index contributed by atoms with van der Waals surface area (Å²) in [5.41, 5.74) is 5.71. The Labute approximate surface area is 96.0 Å². The van der Waals surface area contributed by atoms with Gasteiger partial charge in [0.1, 0.15) is 0 Å². The lowest BCUT2D eigenvalue weighted by Gasteiger charge is -2.17. The average Bonchev–Trinajstić information content (AvgIpc) is 2.70. The highest BCUT2D eigenvalue weighted by Crippen LogP contribution is 1.95. The molecule has 0 spiro atoms. The Hall–Kier alpha value is -1.36. The molecule has 5 heteroatoms. The molecule has 90 valence electrons. The number of nitrogens with one attached hydrogen (secondary N) is 1. The van der Waals surface area contributed by atoms with Crippen molar-refractivity contribution in [2.75, 3.05) is 0 Å². The van der Waals surface area contributed by atoms with Crippen molar-refractivity contribution in [3.63, 3.8) is 0 Å². The minimum Gasteiger partial charge on any atom is -0.350 e. The largest absolute Gasteiger partial charge is 0.350 e. The number of amides is 1. The Balaban J connectivity index is 2.33. The van der Waals surface area contributed by atoms with Gasteiger partial charge in [0.2, 0.25) is 5.91 Å². The van der Waals surface area contributed by atoms with Gasteiger partial charge in [0.15, 0.2) is 0 Å². The summed E-state index contributed by atoms with van der Waals surface area (Å²) >= 11 is 0. The van der Waals surface area contributed by atoms with Crippen LogP contribution >= 0.6 is 0 Å². The van der Waals surface area contributed by atoms with Crippen LogP contribution in [0.4, 0.5) is 0 Å². The maximum Gasteiger partial charge on any atom is 0.237 e. The van der Waals surface area contributed by atoms with Crippen molar-refractivity contribution in [2.45, 2.75) is 45.3 Å². The summed E-state index contributed by atoms with van der Waals surface area (Å²) in [6, 6.07) is 1.50. The topological polar surface area (TPSA) is 72.9 Å². The molecule has 0 aliphatic carbocycles. The highest BCUT2D eigenvalue weighted by Gasteiger charge is 2.14. The van der Waals surface area contributed by atoms with Crippen LogP contribution in [0.3, 0.4) is 0 Å². The third kappa shape index (κ3) is 4.02. The van der Waals surface area contributed by atoms with Crippen molar-refractivity contribution >= 4 is 5.91 Å². The standard InChI is InChI=1S/C11H20N4O/c1-3-5-10(12)11(16)14-9(2)8-15-7-4-6-13-15/h4,6-7,9-10H,3,5,8,12H2,1-2H3,(H,14,16). The lowest BCUT2D eigenvalue weighted by atomic mass is 10.1. The number of aromatic nitrogens is 2. The van der Waals surface area contributed by atoms with Crippen LogP contribution in [0.2, 0.25) is 0 Å². The van der Waals surface area contributed by atoms with E-state index in [1.807, 2.05) is 26.1 Å². The SMILES string of the molecule is CCCC(N)C(=O)NC(C)Cn1cccn1. The number of hydrogen-bond donors (Lipinski definition) is 2. The van der Waals surface area contributed by atoms with Crippen molar-refractivity contribution in [2.24, 2.45) is 5.73 Å². The number of carbonyl (C=O) groups is 1. The van der Waals surface area contributed by atoms with Crippen LogP contribution < -0.4 is 11.1 Å². The molecule has 2 atom stereocenters. The molecular formula is C11H20N4O. The molecule has 5 nitrogen and oxygen atoms in total. The molecule has 0 bridgehead atoms. The second kappa shape index (κ2) is 6.27. The molecular weight excluding hydrogens is 204 g/mol. The highest BCUT2D eigenvalue weighted by atomic mass is 16.2. The van der Waals surface area contributed by atoms with E-state index in [0.29, 0.717) is 6.54 Å². The van der Waals surface area contributed by atoms with E-state index < -0.39 is 6.04 Å². The fourth-order valence-corrected chi connectivity index (χ4v) is 1.53. The van der Waals surface area contributed by atoms with Crippen LogP contribution in [-0.4, -0.2) is 27.8 Å². The van der Waals surface area contributed by atoms with E-state index in [4.69, 9.17) is 5.73 Å². The molecule has 1 rings (SSSR count). The minimum absolute atomic E-state index is 0.0373. The highest BCUT2D eigenvalue weighted by molar-refractivity contribution is 5.81. The number of hydrogen-bond acceptors (Lipinski definition) is 3. The normalized spacial score (nSPS) is 14.4. The maximum atomic E-state index is 11.6. The molecule has 0 saturated carbocycles. The van der Waals surface area contributed by atoms with Gasteiger partial charge in [-0.15, -0.1) is 0 Å². The zero-order valence-corrected chi connectivity index (χ0v) is 9.89. The predicted octanol–water partition coefficient (Wildman–Crippen LogP) is 0.515. The fourth-order valence-electron chi connectivity index (χ4n) is 1.53. The molecule has 1 aromatic rings. The van der Waals surface area contributed by atoms with Gasteiger partial charge in [-0.1, -0.05) is 13.3 Å². The third-order valence-corrected chi connectivity index (χ3v) is 2.35. The van der Waals surface area contributed by atoms with E-state index >= 15 is 0 Å². The van der Waals surface area contributed by atoms with Crippen molar-refractivity contribution in [1.82, 2.24) is 15.1 Å². The van der Waals surface area contributed by atoms with E-state index in [2.05, 4.69) is 10.4 Å². The number of rotatable bonds is 6. The predicted molar refractivity (Wildman–Crippen MR) is 62.7 cm³/mol. The molecule has 1 heterocycles. The smallest absolute Gasteiger partial charge is 0.237 e. The number of nitrogens with two attached hydrogens (primary N) is 1. The Bertz CT molecular complexity index is 310. The van der Waals surface area contributed by atoms with Gasteiger partial charge < -0.3 is 11.1 Å². The first-order valence-electron chi connectivity index (χ1n) is 5.67. The van der Waals surface area contributed by atoms with E-state index in [9.17, 15) is 4.79 Å². The van der Waals surface area contributed by atoms with Crippen LogP contribution in [0.15, 0.2) is 18.5 Å². The number of carbonyl (C=O) groups excluding carboxylic acids is 1. The Morgan fingerprint density at radius 2 is 2.38 bits per heavy atom. The number of nitrogens with zero attached hydrogens (tertiary/aromatic N) is 2. The van der Waals surface area contributed by atoms with Gasteiger partial charge in [-0.2, -0.15) is 5.10 Å². The van der Waals surface area contributed by atoms with E-state index in [1.54, 1.807) is 10.9 Å². The molecule has 2 unspecified atom stereocenters. The van der Waals surface area contributed by atoms with Gasteiger partial charge in [0.05, 0.1) is 12.6 Å². The Kier molecular flexibility index (Phi) is 4.98. The molecule has 0 saturated heterocycles. The van der Waals surface area contributed by atoms with Crippen LogP contribution in [0.1, 0.15) is 26.7 Å². The van der Waals surface area contributed by atoms with E-state index in [0.717, 1.165) is 12.8 Å². The van der Waals surface area contributed by atoms with Gasteiger partial charge >= 0.3 is 0 Å². The molecule has 16 heavy (non-hydrogen) atoms. The molecule has 0 fully saturated rings. The summed E-state index contributed by atoms with van der Waals surface area (Å²) in [4.78, 5) is 11.6. The van der Waals surface area contributed by atoms with Crippen molar-refractivity contribution < 1.29 is 4.79 Å². The monoisotopic (exact) mass is 224 g/mol. The maximum absolute atomic E-state index is 11.6. The van der Waals surface area contributed by atoms with Gasteiger partial charge in [-0.05, 0) is 19.4 Å². The first kappa shape index (κ1) is 12.7. The van der Waals surface area contributed by atoms with Crippen LogP contribution in [0.5, 0.6) is 0 Å².